The van der Waals surface area contributed by atoms with Gasteiger partial charge in [-0.2, -0.15) is 10.1 Å². The number of rotatable bonds is 5. The summed E-state index contributed by atoms with van der Waals surface area (Å²) in [7, 11) is 0. The number of hydrogen-bond acceptors (Lipinski definition) is 3. The summed E-state index contributed by atoms with van der Waals surface area (Å²) < 4.78 is 19.0. The topological polar surface area (TPSA) is 41.9 Å². The molecule has 0 saturated heterocycles. The maximum Gasteiger partial charge on any atom is 0.280 e. The minimum Gasteiger partial charge on any atom is -0.488 e. The SMILES string of the molecule is CC1=NN(c2ccccc2)C(=O)/C1=C\c1ccccc1OCc1ccc(F)cc1. The van der Waals surface area contributed by atoms with Crippen molar-refractivity contribution in [3.63, 3.8) is 0 Å². The first-order valence-electron chi connectivity index (χ1n) is 9.25. The van der Waals surface area contributed by atoms with E-state index in [1.807, 2.05) is 61.5 Å². The van der Waals surface area contributed by atoms with E-state index in [1.54, 1.807) is 18.2 Å². The molecule has 0 unspecified atom stereocenters. The minimum absolute atomic E-state index is 0.179. The Kier molecular flexibility index (Phi) is 5.20. The lowest BCUT2D eigenvalue weighted by Crippen LogP contribution is -2.21. The van der Waals surface area contributed by atoms with Crippen LogP contribution in [0.4, 0.5) is 10.1 Å². The molecule has 3 aromatic carbocycles. The Hall–Kier alpha value is -3.73. The van der Waals surface area contributed by atoms with Gasteiger partial charge in [0.05, 0.1) is 17.0 Å². The quantitative estimate of drug-likeness (QED) is 0.565. The monoisotopic (exact) mass is 386 g/mol. The van der Waals surface area contributed by atoms with Crippen LogP contribution in [-0.2, 0) is 11.4 Å². The molecule has 3 aromatic rings. The second-order valence-electron chi connectivity index (χ2n) is 6.65. The molecular weight excluding hydrogens is 367 g/mol. The van der Waals surface area contributed by atoms with Crippen LogP contribution >= 0.6 is 0 Å². The number of hydrazone groups is 1. The molecule has 0 atom stereocenters. The molecule has 5 heteroatoms. The lowest BCUT2D eigenvalue weighted by atomic mass is 10.1. The highest BCUT2D eigenvalue weighted by Crippen LogP contribution is 2.28. The van der Waals surface area contributed by atoms with Gasteiger partial charge in [-0.15, -0.1) is 0 Å². The molecule has 0 spiro atoms. The van der Waals surface area contributed by atoms with Crippen molar-refractivity contribution < 1.29 is 13.9 Å². The second-order valence-corrected chi connectivity index (χ2v) is 6.65. The molecule has 29 heavy (non-hydrogen) atoms. The third kappa shape index (κ3) is 4.09. The number of anilines is 1. The Morgan fingerprint density at radius 1 is 0.966 bits per heavy atom. The summed E-state index contributed by atoms with van der Waals surface area (Å²) in [5, 5.41) is 5.81. The number of benzene rings is 3. The van der Waals surface area contributed by atoms with E-state index in [0.717, 1.165) is 16.8 Å². The van der Waals surface area contributed by atoms with Gasteiger partial charge >= 0.3 is 0 Å². The zero-order valence-electron chi connectivity index (χ0n) is 15.9. The lowest BCUT2D eigenvalue weighted by Gasteiger charge is -2.12. The first-order chi connectivity index (χ1) is 14.1. The minimum atomic E-state index is -0.281. The molecule has 1 heterocycles. The van der Waals surface area contributed by atoms with Crippen LogP contribution in [0.5, 0.6) is 5.75 Å². The summed E-state index contributed by atoms with van der Waals surface area (Å²) in [4.78, 5) is 12.9. The molecule has 1 aliphatic rings. The Balaban J connectivity index is 1.57. The van der Waals surface area contributed by atoms with E-state index in [4.69, 9.17) is 4.74 Å². The molecule has 0 aromatic heterocycles. The van der Waals surface area contributed by atoms with Crippen molar-refractivity contribution in [2.45, 2.75) is 13.5 Å². The van der Waals surface area contributed by atoms with Crippen molar-refractivity contribution in [3.05, 3.63) is 101 Å². The van der Waals surface area contributed by atoms with Crippen molar-refractivity contribution in [3.8, 4) is 5.75 Å². The zero-order valence-corrected chi connectivity index (χ0v) is 15.9. The molecule has 1 aliphatic heterocycles. The maximum absolute atomic E-state index is 13.1. The van der Waals surface area contributed by atoms with E-state index >= 15 is 0 Å². The first kappa shape index (κ1) is 18.6. The number of carbonyl (C=O) groups excluding carboxylic acids is 1. The van der Waals surface area contributed by atoms with Crippen LogP contribution in [0.25, 0.3) is 6.08 Å². The fraction of sp³-hybridized carbons (Fsp3) is 0.0833. The van der Waals surface area contributed by atoms with Crippen molar-refractivity contribution >= 4 is 23.4 Å². The Labute approximate surface area is 168 Å². The standard InChI is InChI=1S/C24H19FN2O2/c1-17-22(24(28)27(26-17)21-8-3-2-4-9-21)15-19-7-5-6-10-23(19)29-16-18-11-13-20(25)14-12-18/h2-15H,16H2,1H3/b22-15-. The van der Waals surface area contributed by atoms with Crippen molar-refractivity contribution in [1.82, 2.24) is 0 Å². The number of nitrogens with zero attached hydrogens (tertiary/aromatic N) is 2. The Morgan fingerprint density at radius 3 is 2.41 bits per heavy atom. The summed E-state index contributed by atoms with van der Waals surface area (Å²) in [5.41, 5.74) is 3.53. The third-order valence-corrected chi connectivity index (χ3v) is 4.59. The highest BCUT2D eigenvalue weighted by Gasteiger charge is 2.28. The number of amides is 1. The van der Waals surface area contributed by atoms with Gasteiger partial charge in [0.25, 0.3) is 5.91 Å². The Morgan fingerprint density at radius 2 is 1.66 bits per heavy atom. The second kappa shape index (κ2) is 8.10. The summed E-state index contributed by atoms with van der Waals surface area (Å²) in [5.74, 6) is 0.182. The van der Waals surface area contributed by atoms with Crippen molar-refractivity contribution in [2.24, 2.45) is 5.10 Å². The molecular formula is C24H19FN2O2. The summed E-state index contributed by atoms with van der Waals surface area (Å²) in [6.07, 6.45) is 1.80. The molecule has 144 valence electrons. The van der Waals surface area contributed by atoms with Crippen LogP contribution in [0.3, 0.4) is 0 Å². The Bertz CT molecular complexity index is 1090. The van der Waals surface area contributed by atoms with E-state index in [1.165, 1.54) is 17.1 Å². The van der Waals surface area contributed by atoms with E-state index in [-0.39, 0.29) is 11.7 Å². The van der Waals surface area contributed by atoms with E-state index in [2.05, 4.69) is 5.10 Å². The van der Waals surface area contributed by atoms with Gasteiger partial charge in [0.1, 0.15) is 18.2 Å². The van der Waals surface area contributed by atoms with E-state index in [9.17, 15) is 9.18 Å². The number of ether oxygens (including phenoxy) is 1. The van der Waals surface area contributed by atoms with Gasteiger partial charge in [-0.3, -0.25) is 4.79 Å². The molecule has 0 bridgehead atoms. The van der Waals surface area contributed by atoms with Crippen LogP contribution in [-0.4, -0.2) is 11.6 Å². The van der Waals surface area contributed by atoms with Gasteiger partial charge < -0.3 is 4.74 Å². The highest BCUT2D eigenvalue weighted by molar-refractivity contribution is 6.32. The van der Waals surface area contributed by atoms with Crippen molar-refractivity contribution in [1.29, 1.82) is 0 Å². The van der Waals surface area contributed by atoms with Gasteiger partial charge in [-0.05, 0) is 48.9 Å². The maximum atomic E-state index is 13.1. The first-order valence-corrected chi connectivity index (χ1v) is 9.25. The number of para-hydroxylation sites is 2. The molecule has 1 amide bonds. The predicted molar refractivity (Wildman–Crippen MR) is 112 cm³/mol. The van der Waals surface area contributed by atoms with E-state index in [0.29, 0.717) is 23.6 Å². The highest BCUT2D eigenvalue weighted by atomic mass is 19.1. The summed E-state index contributed by atoms with van der Waals surface area (Å²) in [6.45, 7) is 2.12. The normalized spacial score (nSPS) is 15.0. The van der Waals surface area contributed by atoms with Gasteiger partial charge in [0.2, 0.25) is 0 Å². The van der Waals surface area contributed by atoms with Crippen LogP contribution < -0.4 is 9.75 Å². The van der Waals surface area contributed by atoms with Crippen LogP contribution in [0, 0.1) is 5.82 Å². The molecule has 0 fully saturated rings. The largest absolute Gasteiger partial charge is 0.488 e. The molecule has 0 N–H and O–H groups in total. The number of carbonyl (C=O) groups is 1. The molecule has 4 rings (SSSR count). The lowest BCUT2D eigenvalue weighted by molar-refractivity contribution is -0.114. The van der Waals surface area contributed by atoms with Gasteiger partial charge in [-0.25, -0.2) is 4.39 Å². The van der Waals surface area contributed by atoms with Gasteiger partial charge in [0, 0.05) is 5.56 Å². The van der Waals surface area contributed by atoms with Gasteiger partial charge in [0.15, 0.2) is 0 Å². The molecule has 0 radical (unpaired) electrons. The number of hydrogen-bond donors (Lipinski definition) is 0. The predicted octanol–water partition coefficient (Wildman–Crippen LogP) is 5.21. The zero-order chi connectivity index (χ0) is 20.2. The van der Waals surface area contributed by atoms with Crippen LogP contribution in [0.15, 0.2) is 89.5 Å². The van der Waals surface area contributed by atoms with Gasteiger partial charge in [-0.1, -0.05) is 48.5 Å². The van der Waals surface area contributed by atoms with Crippen molar-refractivity contribution in [2.75, 3.05) is 5.01 Å². The fourth-order valence-electron chi connectivity index (χ4n) is 3.06. The smallest absolute Gasteiger partial charge is 0.280 e. The average Bonchev–Trinajstić information content (AvgIpc) is 3.03. The van der Waals surface area contributed by atoms with E-state index < -0.39 is 0 Å². The fourth-order valence-corrected chi connectivity index (χ4v) is 3.06. The van der Waals surface area contributed by atoms with Crippen LogP contribution in [0.2, 0.25) is 0 Å². The molecule has 0 aliphatic carbocycles. The summed E-state index contributed by atoms with van der Waals surface area (Å²) in [6, 6.07) is 23.0. The summed E-state index contributed by atoms with van der Waals surface area (Å²) >= 11 is 0. The molecule has 4 nitrogen and oxygen atoms in total. The third-order valence-electron chi connectivity index (χ3n) is 4.59. The number of halogens is 1. The van der Waals surface area contributed by atoms with Crippen LogP contribution in [0.1, 0.15) is 18.1 Å². The molecule has 0 saturated carbocycles. The average molecular weight is 386 g/mol.